The summed E-state index contributed by atoms with van der Waals surface area (Å²) >= 11 is 0. The summed E-state index contributed by atoms with van der Waals surface area (Å²) in [6, 6.07) is 15.2. The van der Waals surface area contributed by atoms with Crippen molar-refractivity contribution in [2.45, 2.75) is 12.6 Å². The number of aromatic nitrogens is 1. The zero-order valence-corrected chi connectivity index (χ0v) is 19.4. The van der Waals surface area contributed by atoms with Gasteiger partial charge < -0.3 is 28.7 Å². The Kier molecular flexibility index (Phi) is 6.84. The van der Waals surface area contributed by atoms with Gasteiger partial charge in [-0.25, -0.2) is 4.98 Å². The molecule has 0 fully saturated rings. The molecule has 1 aliphatic rings. The quantitative estimate of drug-likeness (QED) is 0.521. The van der Waals surface area contributed by atoms with E-state index in [0.717, 1.165) is 28.0 Å². The Balaban J connectivity index is 1.63. The number of nitrogens with zero attached hydrogens (tertiary/aromatic N) is 3. The summed E-state index contributed by atoms with van der Waals surface area (Å²) in [5.74, 6) is 2.61. The number of anilines is 1. The van der Waals surface area contributed by atoms with Crippen molar-refractivity contribution >= 4 is 22.6 Å². The SMILES string of the molecule is COCCN(Cc1cc2ccc(OC)cc2nc1N(C)C)C(=O)[C@H]1COc2ccccc2O1. The number of fused-ring (bicyclic) bond motifs is 2. The van der Waals surface area contributed by atoms with Gasteiger partial charge in [0.1, 0.15) is 18.2 Å². The number of carbonyl (C=O) groups excluding carboxylic acids is 1. The predicted molar refractivity (Wildman–Crippen MR) is 126 cm³/mol. The Labute approximate surface area is 193 Å². The molecule has 174 valence electrons. The molecule has 0 saturated heterocycles. The largest absolute Gasteiger partial charge is 0.497 e. The number of amides is 1. The monoisotopic (exact) mass is 451 g/mol. The number of hydrogen-bond acceptors (Lipinski definition) is 7. The number of para-hydroxylation sites is 2. The van der Waals surface area contributed by atoms with Crippen molar-refractivity contribution in [3.8, 4) is 17.2 Å². The number of methoxy groups -OCH3 is 2. The molecule has 1 amide bonds. The Hall–Kier alpha value is -3.52. The van der Waals surface area contributed by atoms with Gasteiger partial charge in [0.25, 0.3) is 5.91 Å². The van der Waals surface area contributed by atoms with E-state index < -0.39 is 6.10 Å². The maximum atomic E-state index is 13.5. The van der Waals surface area contributed by atoms with Gasteiger partial charge in [0.2, 0.25) is 6.10 Å². The van der Waals surface area contributed by atoms with Crippen LogP contribution in [0.1, 0.15) is 5.56 Å². The van der Waals surface area contributed by atoms with E-state index in [1.807, 2.05) is 55.4 Å². The first kappa shape index (κ1) is 22.7. The third kappa shape index (κ3) is 4.96. The molecule has 1 atom stereocenters. The van der Waals surface area contributed by atoms with Crippen molar-refractivity contribution in [1.82, 2.24) is 9.88 Å². The molecule has 0 unspecified atom stereocenters. The zero-order chi connectivity index (χ0) is 23.4. The standard InChI is InChI=1S/C25H29N3O5/c1-27(2)24-18(13-17-9-10-19(31-4)14-20(17)26-24)15-28(11-12-30-3)25(29)23-16-32-21-7-5-6-8-22(21)33-23/h5-10,13-14,23H,11-12,15-16H2,1-4H3/t23-/m1/s1. The van der Waals surface area contributed by atoms with Crippen molar-refractivity contribution in [3.63, 3.8) is 0 Å². The molecule has 3 aromatic rings. The van der Waals surface area contributed by atoms with Crippen LogP contribution in [0.3, 0.4) is 0 Å². The smallest absolute Gasteiger partial charge is 0.267 e. The Morgan fingerprint density at radius 2 is 1.91 bits per heavy atom. The van der Waals surface area contributed by atoms with E-state index >= 15 is 0 Å². The van der Waals surface area contributed by atoms with Crippen molar-refractivity contribution < 1.29 is 23.7 Å². The minimum absolute atomic E-state index is 0.152. The Morgan fingerprint density at radius 3 is 2.64 bits per heavy atom. The van der Waals surface area contributed by atoms with Gasteiger partial charge in [-0.1, -0.05) is 12.1 Å². The van der Waals surface area contributed by atoms with Gasteiger partial charge in [-0.05, 0) is 30.3 Å². The van der Waals surface area contributed by atoms with E-state index in [0.29, 0.717) is 31.2 Å². The molecule has 1 aliphatic heterocycles. The summed E-state index contributed by atoms with van der Waals surface area (Å²) in [5, 5.41) is 0.974. The molecular formula is C25H29N3O5. The van der Waals surface area contributed by atoms with E-state index in [2.05, 4.69) is 6.07 Å². The van der Waals surface area contributed by atoms with Crippen molar-refractivity contribution in [1.29, 1.82) is 0 Å². The van der Waals surface area contributed by atoms with Crippen molar-refractivity contribution in [2.75, 3.05) is 53.0 Å². The van der Waals surface area contributed by atoms with Crippen LogP contribution < -0.4 is 19.1 Å². The lowest BCUT2D eigenvalue weighted by molar-refractivity contribution is -0.142. The van der Waals surface area contributed by atoms with Gasteiger partial charge in [0, 0.05) is 51.3 Å². The second kappa shape index (κ2) is 9.95. The minimum Gasteiger partial charge on any atom is -0.497 e. The molecule has 0 radical (unpaired) electrons. The van der Waals surface area contributed by atoms with Crippen LogP contribution >= 0.6 is 0 Å². The van der Waals surface area contributed by atoms with Crippen LogP contribution in [0.2, 0.25) is 0 Å². The molecule has 2 aromatic carbocycles. The van der Waals surface area contributed by atoms with Gasteiger partial charge in [-0.15, -0.1) is 0 Å². The highest BCUT2D eigenvalue weighted by molar-refractivity contribution is 5.85. The summed E-state index contributed by atoms with van der Waals surface area (Å²) in [6.07, 6.45) is -0.725. The van der Waals surface area contributed by atoms with Crippen LogP contribution in [0.25, 0.3) is 10.9 Å². The van der Waals surface area contributed by atoms with Crippen LogP contribution in [0, 0.1) is 0 Å². The average Bonchev–Trinajstić information content (AvgIpc) is 2.84. The molecule has 0 aliphatic carbocycles. The van der Waals surface area contributed by atoms with Gasteiger partial charge >= 0.3 is 0 Å². The molecule has 8 nitrogen and oxygen atoms in total. The lowest BCUT2D eigenvalue weighted by Crippen LogP contribution is -2.47. The lowest BCUT2D eigenvalue weighted by atomic mass is 10.1. The number of carbonyl (C=O) groups is 1. The zero-order valence-electron chi connectivity index (χ0n) is 19.4. The van der Waals surface area contributed by atoms with Crippen LogP contribution in [-0.2, 0) is 16.1 Å². The highest BCUT2D eigenvalue weighted by Gasteiger charge is 2.31. The summed E-state index contributed by atoms with van der Waals surface area (Å²) in [6.45, 7) is 1.36. The second-order valence-electron chi connectivity index (χ2n) is 8.04. The molecule has 33 heavy (non-hydrogen) atoms. The van der Waals surface area contributed by atoms with Crippen molar-refractivity contribution in [2.24, 2.45) is 0 Å². The number of hydrogen-bond donors (Lipinski definition) is 0. The number of benzene rings is 2. The molecule has 0 spiro atoms. The minimum atomic E-state index is -0.725. The first-order valence-corrected chi connectivity index (χ1v) is 10.8. The van der Waals surface area contributed by atoms with Crippen LogP contribution in [-0.4, -0.2) is 70.0 Å². The van der Waals surface area contributed by atoms with Crippen LogP contribution in [0.5, 0.6) is 17.2 Å². The van der Waals surface area contributed by atoms with E-state index in [1.165, 1.54) is 0 Å². The van der Waals surface area contributed by atoms with Crippen LogP contribution in [0.15, 0.2) is 48.5 Å². The molecule has 0 bridgehead atoms. The summed E-state index contributed by atoms with van der Waals surface area (Å²) in [5.41, 5.74) is 1.76. The normalized spacial score (nSPS) is 14.7. The highest BCUT2D eigenvalue weighted by Crippen LogP contribution is 2.32. The van der Waals surface area contributed by atoms with Gasteiger partial charge in [-0.2, -0.15) is 0 Å². The summed E-state index contributed by atoms with van der Waals surface area (Å²) in [4.78, 5) is 22.0. The van der Waals surface area contributed by atoms with Gasteiger partial charge in [0.05, 0.1) is 19.2 Å². The second-order valence-corrected chi connectivity index (χ2v) is 8.04. The van der Waals surface area contributed by atoms with E-state index in [-0.39, 0.29) is 12.5 Å². The first-order valence-electron chi connectivity index (χ1n) is 10.8. The number of ether oxygens (including phenoxy) is 4. The van der Waals surface area contributed by atoms with Gasteiger partial charge in [-0.3, -0.25) is 4.79 Å². The maximum absolute atomic E-state index is 13.5. The fraction of sp³-hybridized carbons (Fsp3) is 0.360. The highest BCUT2D eigenvalue weighted by atomic mass is 16.6. The molecular weight excluding hydrogens is 422 g/mol. The number of pyridine rings is 1. The van der Waals surface area contributed by atoms with E-state index in [4.69, 9.17) is 23.9 Å². The molecule has 4 rings (SSSR count). The predicted octanol–water partition coefficient (Wildman–Crippen LogP) is 3.12. The van der Waals surface area contributed by atoms with E-state index in [9.17, 15) is 4.79 Å². The van der Waals surface area contributed by atoms with E-state index in [1.54, 1.807) is 25.2 Å². The lowest BCUT2D eigenvalue weighted by Gasteiger charge is -2.31. The average molecular weight is 452 g/mol. The first-order chi connectivity index (χ1) is 16.0. The van der Waals surface area contributed by atoms with Gasteiger partial charge in [0.15, 0.2) is 11.5 Å². The molecule has 0 N–H and O–H groups in total. The molecule has 8 heteroatoms. The third-order valence-corrected chi connectivity index (χ3v) is 5.53. The fourth-order valence-electron chi connectivity index (χ4n) is 3.83. The summed E-state index contributed by atoms with van der Waals surface area (Å²) < 4.78 is 22.3. The third-order valence-electron chi connectivity index (χ3n) is 5.53. The van der Waals surface area contributed by atoms with Crippen LogP contribution in [0.4, 0.5) is 5.82 Å². The van der Waals surface area contributed by atoms with Crippen molar-refractivity contribution in [3.05, 3.63) is 54.1 Å². The fourth-order valence-corrected chi connectivity index (χ4v) is 3.83. The molecule has 0 saturated carbocycles. The Morgan fingerprint density at radius 1 is 1.12 bits per heavy atom. The number of rotatable bonds is 8. The Bertz CT molecular complexity index is 1130. The summed E-state index contributed by atoms with van der Waals surface area (Å²) in [7, 11) is 7.13. The molecule has 2 heterocycles. The topological polar surface area (TPSA) is 73.4 Å². The molecule has 1 aromatic heterocycles. The maximum Gasteiger partial charge on any atom is 0.267 e.